The lowest BCUT2D eigenvalue weighted by Gasteiger charge is -2.17. The van der Waals surface area contributed by atoms with Gasteiger partial charge in [0.05, 0.1) is 29.0 Å². The van der Waals surface area contributed by atoms with Crippen LogP contribution < -0.4 is 15.4 Å². The van der Waals surface area contributed by atoms with Crippen molar-refractivity contribution < 1.29 is 34.1 Å². The molecule has 0 spiro atoms. The van der Waals surface area contributed by atoms with Crippen LogP contribution in [0.2, 0.25) is 0 Å². The monoisotopic (exact) mass is 660 g/mol. The van der Waals surface area contributed by atoms with Gasteiger partial charge in [-0.1, -0.05) is 90.2 Å². The number of unbranched alkanes of at least 4 members (excludes halogenated alkanes) is 10. The molecule has 0 unspecified atom stereocenters. The molecule has 0 aromatic heterocycles. The van der Waals surface area contributed by atoms with Crippen molar-refractivity contribution in [1.29, 1.82) is 0 Å². The number of hydrogen-bond acceptors (Lipinski definition) is 7. The van der Waals surface area contributed by atoms with Gasteiger partial charge < -0.3 is 30.3 Å². The summed E-state index contributed by atoms with van der Waals surface area (Å²) in [6.07, 6.45) is 16.1. The Balaban J connectivity index is 1.91. The molecule has 2 aromatic rings. The highest BCUT2D eigenvalue weighted by atomic mass is 32.2. The molecule has 2 rings (SSSR count). The largest absolute Gasteiger partial charge is 0.506 e. The number of hydrogen-bond donors (Lipinski definition) is 4. The number of ether oxygens (including phenoxy) is 2. The number of rotatable bonds is 27. The van der Waals surface area contributed by atoms with E-state index >= 15 is 0 Å². The standard InChI is InChI=1S/C36H56N2O7S/c1-3-5-7-8-9-10-11-12-13-14-22-44-23-16-21-37-36(43)29-26-31(45-24-17-25-46-27-33(40)41)34-28(35(29)42)18-15-19-30(34)38-32(39)20-6-4-2/h15,18-19,26,42H,3-14,16-17,20-25,27H2,1-2H3,(H,37,43)(H,38,39)(H,40,41). The first-order valence-electron chi connectivity index (χ1n) is 17.3. The summed E-state index contributed by atoms with van der Waals surface area (Å²) in [6, 6.07) is 6.68. The number of aromatic hydroxyl groups is 1. The van der Waals surface area contributed by atoms with E-state index in [0.29, 0.717) is 60.4 Å². The Kier molecular flexibility index (Phi) is 20.6. The molecular formula is C36H56N2O7S. The zero-order valence-corrected chi connectivity index (χ0v) is 28.8. The van der Waals surface area contributed by atoms with Crippen LogP contribution in [0.3, 0.4) is 0 Å². The van der Waals surface area contributed by atoms with Gasteiger partial charge in [-0.3, -0.25) is 14.4 Å². The van der Waals surface area contributed by atoms with Crippen molar-refractivity contribution in [1.82, 2.24) is 5.32 Å². The third-order valence-electron chi connectivity index (χ3n) is 7.68. The minimum absolute atomic E-state index is 0.0186. The minimum atomic E-state index is -0.866. The number of amides is 2. The van der Waals surface area contributed by atoms with Gasteiger partial charge in [0, 0.05) is 31.6 Å². The molecule has 2 aromatic carbocycles. The fourth-order valence-electron chi connectivity index (χ4n) is 5.14. The third kappa shape index (κ3) is 15.5. The highest BCUT2D eigenvalue weighted by Gasteiger charge is 2.21. The summed E-state index contributed by atoms with van der Waals surface area (Å²) in [5, 5.41) is 26.7. The zero-order chi connectivity index (χ0) is 33.4. The van der Waals surface area contributed by atoms with Crippen LogP contribution in [0.15, 0.2) is 24.3 Å². The van der Waals surface area contributed by atoms with Crippen molar-refractivity contribution in [3.63, 3.8) is 0 Å². The Morgan fingerprint density at radius 2 is 1.50 bits per heavy atom. The third-order valence-corrected chi connectivity index (χ3v) is 8.71. The SMILES string of the molecule is CCCCCCCCCCCCOCCCNC(=O)c1cc(OCCCSCC(=O)O)c2c(NC(=O)CCCC)cccc2c1O. The summed E-state index contributed by atoms with van der Waals surface area (Å²) < 4.78 is 11.8. The molecule has 0 radical (unpaired) electrons. The lowest BCUT2D eigenvalue weighted by atomic mass is 10.0. The molecule has 0 aliphatic carbocycles. The molecule has 9 nitrogen and oxygen atoms in total. The van der Waals surface area contributed by atoms with Crippen LogP contribution >= 0.6 is 11.8 Å². The van der Waals surface area contributed by atoms with Gasteiger partial charge in [0.1, 0.15) is 11.5 Å². The fourth-order valence-corrected chi connectivity index (χ4v) is 5.78. The van der Waals surface area contributed by atoms with Gasteiger partial charge in [-0.15, -0.1) is 0 Å². The van der Waals surface area contributed by atoms with E-state index in [1.165, 1.54) is 75.6 Å². The van der Waals surface area contributed by atoms with Crippen molar-refractivity contribution >= 4 is 46.0 Å². The second-order valence-electron chi connectivity index (χ2n) is 11.7. The van der Waals surface area contributed by atoms with Crippen molar-refractivity contribution in [2.45, 2.75) is 110 Å². The van der Waals surface area contributed by atoms with E-state index in [-0.39, 0.29) is 29.6 Å². The Morgan fingerprint density at radius 3 is 2.20 bits per heavy atom. The number of carbonyl (C=O) groups excluding carboxylic acids is 2. The molecule has 0 bridgehead atoms. The maximum absolute atomic E-state index is 13.2. The van der Waals surface area contributed by atoms with Crippen LogP contribution in [-0.4, -0.2) is 65.9 Å². The summed E-state index contributed by atoms with van der Waals surface area (Å²) in [6.45, 7) is 6.22. The number of phenolic OH excluding ortho intramolecular Hbond substituents is 1. The summed E-state index contributed by atoms with van der Waals surface area (Å²) in [5.74, 6) is -0.626. The number of carboxylic acid groups (broad SMARTS) is 1. The maximum Gasteiger partial charge on any atom is 0.313 e. The van der Waals surface area contributed by atoms with Crippen molar-refractivity contribution in [3.8, 4) is 11.5 Å². The van der Waals surface area contributed by atoms with Crippen LogP contribution in [0, 0.1) is 0 Å². The Hall–Kier alpha value is -2.98. The highest BCUT2D eigenvalue weighted by Crippen LogP contribution is 2.40. The molecule has 46 heavy (non-hydrogen) atoms. The first-order valence-corrected chi connectivity index (χ1v) is 18.4. The van der Waals surface area contributed by atoms with Gasteiger partial charge in [-0.05, 0) is 43.6 Å². The lowest BCUT2D eigenvalue weighted by molar-refractivity contribution is -0.133. The number of fused-ring (bicyclic) bond motifs is 1. The Morgan fingerprint density at radius 1 is 0.826 bits per heavy atom. The fraction of sp³-hybridized carbons (Fsp3) is 0.639. The number of carbonyl (C=O) groups is 3. The van der Waals surface area contributed by atoms with Gasteiger partial charge in [0.2, 0.25) is 5.91 Å². The van der Waals surface area contributed by atoms with Gasteiger partial charge in [0.15, 0.2) is 0 Å². The van der Waals surface area contributed by atoms with Gasteiger partial charge in [-0.2, -0.15) is 11.8 Å². The van der Waals surface area contributed by atoms with Crippen LogP contribution in [0.25, 0.3) is 10.8 Å². The number of anilines is 1. The topological polar surface area (TPSA) is 134 Å². The van der Waals surface area contributed by atoms with E-state index in [0.717, 1.165) is 25.9 Å². The van der Waals surface area contributed by atoms with Crippen LogP contribution in [0.4, 0.5) is 5.69 Å². The summed E-state index contributed by atoms with van der Waals surface area (Å²) in [5.41, 5.74) is 0.583. The molecule has 4 N–H and O–H groups in total. The molecule has 0 saturated heterocycles. The van der Waals surface area contributed by atoms with Gasteiger partial charge >= 0.3 is 5.97 Å². The first-order chi connectivity index (χ1) is 22.4. The van der Waals surface area contributed by atoms with Crippen molar-refractivity contribution in [2.24, 2.45) is 0 Å². The molecule has 0 atom stereocenters. The number of aliphatic carboxylic acids is 1. The van der Waals surface area contributed by atoms with E-state index in [1.54, 1.807) is 18.2 Å². The van der Waals surface area contributed by atoms with Crippen molar-refractivity contribution in [3.05, 3.63) is 29.8 Å². The van der Waals surface area contributed by atoms with Gasteiger partial charge in [-0.25, -0.2) is 0 Å². The predicted octanol–water partition coefficient (Wildman–Crippen LogP) is 8.32. The van der Waals surface area contributed by atoms with Crippen LogP contribution in [-0.2, 0) is 14.3 Å². The summed E-state index contributed by atoms with van der Waals surface area (Å²) >= 11 is 1.30. The molecule has 0 fully saturated rings. The highest BCUT2D eigenvalue weighted by molar-refractivity contribution is 7.99. The van der Waals surface area contributed by atoms with Crippen LogP contribution in [0.5, 0.6) is 11.5 Å². The molecular weight excluding hydrogens is 604 g/mol. The number of carboxylic acids is 1. The zero-order valence-electron chi connectivity index (χ0n) is 28.0. The van der Waals surface area contributed by atoms with E-state index in [1.807, 2.05) is 6.92 Å². The molecule has 0 heterocycles. The number of nitrogens with one attached hydrogen (secondary N) is 2. The molecule has 2 amide bonds. The Bertz CT molecular complexity index is 1190. The second-order valence-corrected chi connectivity index (χ2v) is 12.8. The predicted molar refractivity (Wildman–Crippen MR) is 188 cm³/mol. The molecule has 0 saturated carbocycles. The van der Waals surface area contributed by atoms with E-state index in [9.17, 15) is 19.5 Å². The lowest BCUT2D eigenvalue weighted by Crippen LogP contribution is -2.25. The molecule has 0 aliphatic heterocycles. The van der Waals surface area contributed by atoms with Crippen molar-refractivity contribution in [2.75, 3.05) is 43.2 Å². The van der Waals surface area contributed by atoms with E-state index in [2.05, 4.69) is 17.6 Å². The number of thioether (sulfide) groups is 1. The smallest absolute Gasteiger partial charge is 0.313 e. The second kappa shape index (κ2) is 24.2. The van der Waals surface area contributed by atoms with E-state index in [4.69, 9.17) is 14.6 Å². The maximum atomic E-state index is 13.2. The molecule has 10 heteroatoms. The number of phenols is 1. The quantitative estimate of drug-likeness (QED) is 0.0703. The van der Waals surface area contributed by atoms with Gasteiger partial charge in [0.25, 0.3) is 5.91 Å². The van der Waals surface area contributed by atoms with Crippen LogP contribution in [0.1, 0.15) is 121 Å². The Labute approximate surface area is 279 Å². The number of benzene rings is 2. The average molecular weight is 661 g/mol. The normalized spacial score (nSPS) is 11.1. The summed E-state index contributed by atoms with van der Waals surface area (Å²) in [7, 11) is 0. The van der Waals surface area contributed by atoms with E-state index < -0.39 is 11.9 Å². The first kappa shape index (κ1) is 39.2. The molecule has 0 aliphatic rings. The minimum Gasteiger partial charge on any atom is -0.506 e. The summed E-state index contributed by atoms with van der Waals surface area (Å²) in [4.78, 5) is 36.5. The molecule has 258 valence electrons. The average Bonchev–Trinajstić information content (AvgIpc) is 3.04.